The third kappa shape index (κ3) is 6.24. The highest BCUT2D eigenvalue weighted by molar-refractivity contribution is 5.75. The number of aromatic amines is 1. The Balaban J connectivity index is 1.19. The van der Waals surface area contributed by atoms with Gasteiger partial charge < -0.3 is 10.3 Å². The van der Waals surface area contributed by atoms with E-state index >= 15 is 0 Å². The number of aryl methyl sites for hydroxylation is 2. The Morgan fingerprint density at radius 3 is 2.72 bits per heavy atom. The molecule has 4 aromatic rings. The number of hydrogen-bond donors (Lipinski definition) is 2. The van der Waals surface area contributed by atoms with Crippen molar-refractivity contribution >= 4 is 17.2 Å². The van der Waals surface area contributed by atoms with Crippen molar-refractivity contribution < 1.29 is 0 Å². The summed E-state index contributed by atoms with van der Waals surface area (Å²) in [5.41, 5.74) is 9.45. The fourth-order valence-electron chi connectivity index (χ4n) is 5.82. The van der Waals surface area contributed by atoms with Crippen molar-refractivity contribution in [3.05, 3.63) is 118 Å². The molecule has 6 rings (SSSR count). The molecule has 0 saturated heterocycles. The van der Waals surface area contributed by atoms with Crippen LogP contribution in [-0.2, 0) is 26.2 Å². The molecule has 0 amide bonds. The van der Waals surface area contributed by atoms with Crippen LogP contribution in [-0.4, -0.2) is 38.2 Å². The lowest BCUT2D eigenvalue weighted by Gasteiger charge is -2.34. The molecule has 1 aliphatic heterocycles. The summed E-state index contributed by atoms with van der Waals surface area (Å²) in [6.45, 7) is 7.37. The number of imidazole rings is 1. The molecule has 6 nitrogen and oxygen atoms in total. The fourth-order valence-corrected chi connectivity index (χ4v) is 5.82. The molecule has 0 bridgehead atoms. The first-order valence-corrected chi connectivity index (χ1v) is 13.9. The summed E-state index contributed by atoms with van der Waals surface area (Å²) in [7, 11) is 0. The zero-order valence-electron chi connectivity index (χ0n) is 22.8. The average Bonchev–Trinajstić information content (AvgIpc) is 3.35. The normalized spacial score (nSPS) is 18.5. The maximum absolute atomic E-state index is 4.90. The standard InChI is InChI=1S/C33H36N6/c1-23-15-24(2)36-28(16-23)20-34-19-25-7-5-8-26(17-25)21-39(22-33-37-31-10-3-4-11-32(31)38-33)29-12-13-30-27(18-29)9-6-14-35-30/h3-11,14-18,29-30,34H,12-13,19-22H2,1-2H3,(H,37,38). The number of H-pyrrole nitrogens is 1. The van der Waals surface area contributed by atoms with E-state index in [2.05, 4.69) is 112 Å². The zero-order chi connectivity index (χ0) is 26.6. The molecule has 2 aromatic carbocycles. The van der Waals surface area contributed by atoms with Crippen molar-refractivity contribution in [1.29, 1.82) is 0 Å². The maximum atomic E-state index is 4.90. The number of benzene rings is 2. The monoisotopic (exact) mass is 516 g/mol. The first kappa shape index (κ1) is 25.4. The number of nitrogens with one attached hydrogen (secondary N) is 2. The van der Waals surface area contributed by atoms with Crippen molar-refractivity contribution in [1.82, 2.24) is 25.2 Å². The van der Waals surface area contributed by atoms with Gasteiger partial charge in [-0.3, -0.25) is 14.9 Å². The van der Waals surface area contributed by atoms with E-state index in [1.807, 2.05) is 12.3 Å². The lowest BCUT2D eigenvalue weighted by molar-refractivity contribution is 0.188. The van der Waals surface area contributed by atoms with Crippen molar-refractivity contribution in [3.8, 4) is 0 Å². The van der Waals surface area contributed by atoms with E-state index < -0.39 is 0 Å². The minimum absolute atomic E-state index is 0.306. The van der Waals surface area contributed by atoms with Crippen LogP contribution in [0.3, 0.4) is 0 Å². The Hall–Kier alpha value is -3.87. The molecular formula is C33H36N6. The molecule has 3 heterocycles. The summed E-state index contributed by atoms with van der Waals surface area (Å²) in [6.07, 6.45) is 10.8. The molecule has 2 N–H and O–H groups in total. The fraction of sp³-hybridized carbons (Fsp3) is 0.303. The summed E-state index contributed by atoms with van der Waals surface area (Å²) >= 11 is 0. The van der Waals surface area contributed by atoms with Gasteiger partial charge >= 0.3 is 0 Å². The van der Waals surface area contributed by atoms with Gasteiger partial charge in [-0.2, -0.15) is 0 Å². The Morgan fingerprint density at radius 2 is 1.82 bits per heavy atom. The van der Waals surface area contributed by atoms with E-state index in [1.165, 1.54) is 22.3 Å². The van der Waals surface area contributed by atoms with Gasteiger partial charge in [0.15, 0.2) is 0 Å². The number of aromatic nitrogens is 3. The van der Waals surface area contributed by atoms with Crippen LogP contribution in [0.25, 0.3) is 11.0 Å². The van der Waals surface area contributed by atoms with Crippen molar-refractivity contribution in [2.24, 2.45) is 4.99 Å². The van der Waals surface area contributed by atoms with Crippen LogP contribution < -0.4 is 5.32 Å². The average molecular weight is 517 g/mol. The van der Waals surface area contributed by atoms with Gasteiger partial charge in [-0.1, -0.05) is 48.6 Å². The molecule has 2 aliphatic rings. The topological polar surface area (TPSA) is 69.2 Å². The molecule has 2 unspecified atom stereocenters. The lowest BCUT2D eigenvalue weighted by Crippen LogP contribution is -2.37. The van der Waals surface area contributed by atoms with Gasteiger partial charge in [0.1, 0.15) is 5.82 Å². The molecule has 2 aromatic heterocycles. The van der Waals surface area contributed by atoms with E-state index in [4.69, 9.17) is 4.98 Å². The number of aliphatic imine (C=N–C) groups is 1. The number of allylic oxidation sites excluding steroid dienone is 1. The summed E-state index contributed by atoms with van der Waals surface area (Å²) in [4.78, 5) is 20.3. The van der Waals surface area contributed by atoms with Gasteiger partial charge in [-0.15, -0.1) is 0 Å². The number of para-hydroxylation sites is 2. The van der Waals surface area contributed by atoms with Gasteiger partial charge in [0, 0.05) is 37.6 Å². The Bertz CT molecular complexity index is 1490. The van der Waals surface area contributed by atoms with Gasteiger partial charge in [-0.25, -0.2) is 4.98 Å². The number of rotatable bonds is 9. The number of pyridine rings is 1. The van der Waals surface area contributed by atoms with Crippen LogP contribution in [0.1, 0.15) is 46.7 Å². The number of hydrogen-bond acceptors (Lipinski definition) is 5. The third-order valence-corrected chi connectivity index (χ3v) is 7.57. The molecular weight excluding hydrogens is 480 g/mol. The Kier molecular flexibility index (Phi) is 7.48. The molecule has 6 heteroatoms. The number of fused-ring (bicyclic) bond motifs is 2. The smallest absolute Gasteiger partial charge is 0.121 e. The van der Waals surface area contributed by atoms with Gasteiger partial charge in [0.05, 0.1) is 29.3 Å². The first-order valence-electron chi connectivity index (χ1n) is 13.9. The molecule has 0 spiro atoms. The van der Waals surface area contributed by atoms with E-state index in [1.54, 1.807) is 0 Å². The first-order chi connectivity index (χ1) is 19.1. The Labute approximate surface area is 230 Å². The van der Waals surface area contributed by atoms with Crippen LogP contribution >= 0.6 is 0 Å². The van der Waals surface area contributed by atoms with E-state index in [-0.39, 0.29) is 0 Å². The quantitative estimate of drug-likeness (QED) is 0.288. The third-order valence-electron chi connectivity index (χ3n) is 7.57. The van der Waals surface area contributed by atoms with Gasteiger partial charge in [-0.05, 0) is 79.3 Å². The second kappa shape index (κ2) is 11.5. The molecule has 0 fully saturated rings. The number of dihydropyridines is 1. The van der Waals surface area contributed by atoms with Gasteiger partial charge in [0.25, 0.3) is 0 Å². The second-order valence-corrected chi connectivity index (χ2v) is 10.8. The highest BCUT2D eigenvalue weighted by atomic mass is 15.2. The summed E-state index contributed by atoms with van der Waals surface area (Å²) in [6, 6.07) is 22.1. The molecule has 198 valence electrons. The van der Waals surface area contributed by atoms with Crippen molar-refractivity contribution in [2.45, 2.75) is 65.0 Å². The van der Waals surface area contributed by atoms with Crippen molar-refractivity contribution in [3.63, 3.8) is 0 Å². The van der Waals surface area contributed by atoms with E-state index in [0.717, 1.165) is 67.3 Å². The van der Waals surface area contributed by atoms with Gasteiger partial charge in [0.2, 0.25) is 0 Å². The van der Waals surface area contributed by atoms with Crippen LogP contribution in [0.4, 0.5) is 0 Å². The zero-order valence-corrected chi connectivity index (χ0v) is 22.8. The van der Waals surface area contributed by atoms with Crippen LogP contribution in [0.5, 0.6) is 0 Å². The predicted molar refractivity (Wildman–Crippen MR) is 159 cm³/mol. The highest BCUT2D eigenvalue weighted by Gasteiger charge is 2.27. The number of nitrogens with zero attached hydrogens (tertiary/aromatic N) is 4. The lowest BCUT2D eigenvalue weighted by atomic mass is 9.89. The minimum Gasteiger partial charge on any atom is -0.341 e. The predicted octanol–water partition coefficient (Wildman–Crippen LogP) is 5.96. The van der Waals surface area contributed by atoms with E-state index in [9.17, 15) is 0 Å². The molecule has 2 atom stereocenters. The van der Waals surface area contributed by atoms with Crippen LogP contribution in [0.2, 0.25) is 0 Å². The molecule has 0 radical (unpaired) electrons. The molecule has 1 aliphatic carbocycles. The second-order valence-electron chi connectivity index (χ2n) is 10.8. The van der Waals surface area contributed by atoms with Crippen molar-refractivity contribution in [2.75, 3.05) is 0 Å². The minimum atomic E-state index is 0.306. The van der Waals surface area contributed by atoms with Crippen LogP contribution in [0, 0.1) is 13.8 Å². The largest absolute Gasteiger partial charge is 0.341 e. The summed E-state index contributed by atoms with van der Waals surface area (Å²) in [5.74, 6) is 1.01. The molecule has 39 heavy (non-hydrogen) atoms. The van der Waals surface area contributed by atoms with E-state index in [0.29, 0.717) is 12.1 Å². The van der Waals surface area contributed by atoms with Crippen LogP contribution in [0.15, 0.2) is 89.5 Å². The highest BCUT2D eigenvalue weighted by Crippen LogP contribution is 2.29. The SMILES string of the molecule is Cc1cc(C)nc(CNCc2cccc(CN(Cc3nc4ccccc4[nH]3)C3C=C4C=CC=NC4CC3)c2)c1. The summed E-state index contributed by atoms with van der Waals surface area (Å²) < 4.78 is 0. The molecule has 0 saturated carbocycles. The Morgan fingerprint density at radius 1 is 0.923 bits per heavy atom. The maximum Gasteiger partial charge on any atom is 0.121 e. The summed E-state index contributed by atoms with van der Waals surface area (Å²) in [5, 5.41) is 3.58.